The molecule has 1 unspecified atom stereocenters. The molecule has 0 aliphatic carbocycles. The van der Waals surface area contributed by atoms with Crippen LogP contribution >= 0.6 is 0 Å². The average Bonchev–Trinajstić information content (AvgIpc) is 2.34. The molecule has 1 heterocycles. The summed E-state index contributed by atoms with van der Waals surface area (Å²) in [7, 11) is 0. The zero-order chi connectivity index (χ0) is 14.1. The van der Waals surface area contributed by atoms with Crippen LogP contribution in [0.2, 0.25) is 0 Å². The second-order valence-corrected chi connectivity index (χ2v) is 4.95. The number of ether oxygens (including phenoxy) is 1. The Labute approximate surface area is 117 Å². The molecule has 1 N–H and O–H groups in total. The van der Waals surface area contributed by atoms with Gasteiger partial charge in [0.05, 0.1) is 6.10 Å². The third kappa shape index (κ3) is 6.41. The van der Waals surface area contributed by atoms with Crippen LogP contribution in [0.1, 0.15) is 58.7 Å². The Morgan fingerprint density at radius 2 is 2.00 bits per heavy atom. The fourth-order valence-electron chi connectivity index (χ4n) is 2.00. The number of hydrogen-bond donors (Lipinski definition) is 1. The summed E-state index contributed by atoms with van der Waals surface area (Å²) in [6.45, 7) is 9.12. The summed E-state index contributed by atoms with van der Waals surface area (Å²) in [5.41, 5.74) is 0. The third-order valence-corrected chi connectivity index (χ3v) is 2.96. The maximum atomic E-state index is 5.87. The number of unbranched alkanes of at least 4 members (excludes halogenated alkanes) is 3. The predicted molar refractivity (Wildman–Crippen MR) is 79.8 cm³/mol. The van der Waals surface area contributed by atoms with Gasteiger partial charge in [0.1, 0.15) is 11.6 Å². The van der Waals surface area contributed by atoms with Gasteiger partial charge in [0.25, 0.3) is 0 Å². The zero-order valence-corrected chi connectivity index (χ0v) is 12.7. The number of nitrogens with one attached hydrogen (secondary N) is 1. The Morgan fingerprint density at radius 1 is 1.21 bits per heavy atom. The van der Waals surface area contributed by atoms with Crippen molar-refractivity contribution in [3.05, 3.63) is 11.9 Å². The van der Waals surface area contributed by atoms with Gasteiger partial charge in [-0.05, 0) is 33.6 Å². The van der Waals surface area contributed by atoms with Gasteiger partial charge in [-0.3, -0.25) is 0 Å². The molecule has 19 heavy (non-hydrogen) atoms. The molecule has 1 rings (SSSR count). The van der Waals surface area contributed by atoms with E-state index in [1.165, 1.54) is 25.7 Å². The van der Waals surface area contributed by atoms with Gasteiger partial charge in [0.2, 0.25) is 5.88 Å². The van der Waals surface area contributed by atoms with E-state index in [0.29, 0.717) is 5.88 Å². The predicted octanol–water partition coefficient (Wildman–Crippen LogP) is 3.95. The van der Waals surface area contributed by atoms with Crippen LogP contribution in [0.15, 0.2) is 6.07 Å². The third-order valence-electron chi connectivity index (χ3n) is 2.96. The molecule has 1 aromatic rings. The first kappa shape index (κ1) is 15.7. The van der Waals surface area contributed by atoms with Gasteiger partial charge < -0.3 is 10.1 Å². The number of rotatable bonds is 9. The van der Waals surface area contributed by atoms with Crippen molar-refractivity contribution in [3.63, 3.8) is 0 Å². The quantitative estimate of drug-likeness (QED) is 0.687. The zero-order valence-electron chi connectivity index (χ0n) is 12.7. The molecule has 0 aliphatic heterocycles. The fourth-order valence-corrected chi connectivity index (χ4v) is 2.00. The van der Waals surface area contributed by atoms with Gasteiger partial charge in [-0.2, -0.15) is 4.98 Å². The molecule has 4 nitrogen and oxygen atoms in total. The van der Waals surface area contributed by atoms with Gasteiger partial charge >= 0.3 is 0 Å². The molecular weight excluding hydrogens is 238 g/mol. The maximum absolute atomic E-state index is 5.87. The molecule has 108 valence electrons. The van der Waals surface area contributed by atoms with E-state index in [1.807, 2.05) is 19.9 Å². The molecule has 0 saturated carbocycles. The van der Waals surface area contributed by atoms with Crippen LogP contribution in [0.4, 0.5) is 5.82 Å². The first-order valence-electron chi connectivity index (χ1n) is 7.41. The lowest BCUT2D eigenvalue weighted by atomic mass is 10.1. The van der Waals surface area contributed by atoms with E-state index in [0.717, 1.165) is 24.6 Å². The van der Waals surface area contributed by atoms with Gasteiger partial charge in [-0.15, -0.1) is 0 Å². The van der Waals surface area contributed by atoms with Crippen molar-refractivity contribution in [3.8, 4) is 5.88 Å². The number of hydrogen-bond acceptors (Lipinski definition) is 4. The summed E-state index contributed by atoms with van der Waals surface area (Å²) in [4.78, 5) is 8.64. The van der Waals surface area contributed by atoms with Gasteiger partial charge in [0, 0.05) is 12.6 Å². The highest BCUT2D eigenvalue weighted by molar-refractivity contribution is 5.38. The number of aromatic nitrogens is 2. The smallest absolute Gasteiger partial charge is 0.218 e. The Kier molecular flexibility index (Phi) is 7.23. The standard InChI is InChI=1S/C15H27N3O/c1-5-7-8-9-10-12(3)19-15-11-14(16-6-2)17-13(4)18-15/h11-12H,5-10H2,1-4H3,(H,16,17,18). The van der Waals surface area contributed by atoms with Crippen LogP contribution in [0.25, 0.3) is 0 Å². The fraction of sp³-hybridized carbons (Fsp3) is 0.733. The Hall–Kier alpha value is -1.32. The average molecular weight is 265 g/mol. The van der Waals surface area contributed by atoms with Crippen molar-refractivity contribution < 1.29 is 4.74 Å². The summed E-state index contributed by atoms with van der Waals surface area (Å²) >= 11 is 0. The summed E-state index contributed by atoms with van der Waals surface area (Å²) in [6.07, 6.45) is 6.38. The molecule has 1 atom stereocenters. The Balaban J connectivity index is 2.46. The minimum atomic E-state index is 0.209. The molecule has 0 bridgehead atoms. The van der Waals surface area contributed by atoms with Crippen LogP contribution in [0.5, 0.6) is 5.88 Å². The Morgan fingerprint density at radius 3 is 2.68 bits per heavy atom. The molecule has 0 amide bonds. The van der Waals surface area contributed by atoms with Crippen molar-refractivity contribution in [2.24, 2.45) is 0 Å². The van der Waals surface area contributed by atoms with Crippen molar-refractivity contribution in [2.45, 2.75) is 65.9 Å². The minimum absolute atomic E-state index is 0.209. The van der Waals surface area contributed by atoms with Crippen molar-refractivity contribution in [1.29, 1.82) is 0 Å². The van der Waals surface area contributed by atoms with Gasteiger partial charge in [-0.25, -0.2) is 4.98 Å². The molecule has 0 spiro atoms. The lowest BCUT2D eigenvalue weighted by Crippen LogP contribution is -2.13. The maximum Gasteiger partial charge on any atom is 0.218 e. The molecule has 0 saturated heterocycles. The van der Waals surface area contributed by atoms with E-state index in [9.17, 15) is 0 Å². The summed E-state index contributed by atoms with van der Waals surface area (Å²) in [5, 5.41) is 3.19. The lowest BCUT2D eigenvalue weighted by Gasteiger charge is -2.15. The van der Waals surface area contributed by atoms with Crippen molar-refractivity contribution in [2.75, 3.05) is 11.9 Å². The first-order chi connectivity index (χ1) is 9.15. The van der Waals surface area contributed by atoms with Crippen LogP contribution in [0.3, 0.4) is 0 Å². The van der Waals surface area contributed by atoms with E-state index >= 15 is 0 Å². The largest absolute Gasteiger partial charge is 0.475 e. The summed E-state index contributed by atoms with van der Waals surface area (Å²) in [5.74, 6) is 2.25. The summed E-state index contributed by atoms with van der Waals surface area (Å²) < 4.78 is 5.87. The highest BCUT2D eigenvalue weighted by Crippen LogP contribution is 2.16. The summed E-state index contributed by atoms with van der Waals surface area (Å²) in [6, 6.07) is 1.87. The van der Waals surface area contributed by atoms with Gasteiger partial charge in [-0.1, -0.05) is 26.2 Å². The molecule has 0 aromatic carbocycles. The highest BCUT2D eigenvalue weighted by Gasteiger charge is 2.07. The molecule has 4 heteroatoms. The topological polar surface area (TPSA) is 47.0 Å². The Bertz CT molecular complexity index is 368. The first-order valence-corrected chi connectivity index (χ1v) is 7.41. The number of anilines is 1. The highest BCUT2D eigenvalue weighted by atomic mass is 16.5. The molecule has 0 radical (unpaired) electrons. The van der Waals surface area contributed by atoms with E-state index < -0.39 is 0 Å². The SMILES string of the molecule is CCCCCCC(C)Oc1cc(NCC)nc(C)n1. The second-order valence-electron chi connectivity index (χ2n) is 4.95. The van der Waals surface area contributed by atoms with E-state index in [4.69, 9.17) is 4.74 Å². The monoisotopic (exact) mass is 265 g/mol. The van der Waals surface area contributed by atoms with Crippen molar-refractivity contribution >= 4 is 5.82 Å². The van der Waals surface area contributed by atoms with Crippen LogP contribution in [-0.4, -0.2) is 22.6 Å². The van der Waals surface area contributed by atoms with Crippen LogP contribution in [-0.2, 0) is 0 Å². The van der Waals surface area contributed by atoms with E-state index in [2.05, 4.69) is 29.1 Å². The lowest BCUT2D eigenvalue weighted by molar-refractivity contribution is 0.197. The van der Waals surface area contributed by atoms with Gasteiger partial charge in [0.15, 0.2) is 0 Å². The molecular formula is C15H27N3O. The van der Waals surface area contributed by atoms with Crippen molar-refractivity contribution in [1.82, 2.24) is 9.97 Å². The number of aryl methyl sites for hydroxylation is 1. The van der Waals surface area contributed by atoms with Crippen LogP contribution in [0, 0.1) is 6.92 Å². The molecule has 1 aromatic heterocycles. The number of nitrogens with zero attached hydrogens (tertiary/aromatic N) is 2. The normalized spacial score (nSPS) is 12.2. The minimum Gasteiger partial charge on any atom is -0.475 e. The molecule has 0 aliphatic rings. The van der Waals surface area contributed by atoms with Crippen LogP contribution < -0.4 is 10.1 Å². The van der Waals surface area contributed by atoms with E-state index in [-0.39, 0.29) is 6.10 Å². The second kappa shape index (κ2) is 8.73. The van der Waals surface area contributed by atoms with E-state index in [1.54, 1.807) is 0 Å². The molecule has 0 fully saturated rings.